The lowest BCUT2D eigenvalue weighted by molar-refractivity contribution is -0.152. The maximum Gasteiger partial charge on any atom is 0.379 e. The van der Waals surface area contributed by atoms with Crippen LogP contribution in [0.25, 0.3) is 0 Å². The summed E-state index contributed by atoms with van der Waals surface area (Å²) in [6.45, 7) is 5.95. The Morgan fingerprint density at radius 3 is 2.36 bits per heavy atom. The summed E-state index contributed by atoms with van der Waals surface area (Å²) in [7, 11) is 0. The zero-order valence-electron chi connectivity index (χ0n) is 8.46. The molecular formula is C10H13IO3. The third-order valence-corrected chi connectivity index (χ3v) is 4.13. The first-order valence-corrected chi connectivity index (χ1v) is 5.69. The van der Waals surface area contributed by atoms with E-state index in [1.807, 2.05) is 13.8 Å². The van der Waals surface area contributed by atoms with E-state index in [2.05, 4.69) is 27.3 Å². The Bertz CT molecular complexity index is 306. The summed E-state index contributed by atoms with van der Waals surface area (Å²) >= 11 is 2.12. The molecule has 0 fully saturated rings. The van der Waals surface area contributed by atoms with E-state index in [4.69, 9.17) is 0 Å². The molecule has 0 aromatic heterocycles. The first-order valence-electron chi connectivity index (χ1n) is 4.61. The molecule has 0 bridgehead atoms. The third kappa shape index (κ3) is 1.85. The summed E-state index contributed by atoms with van der Waals surface area (Å²) in [6, 6.07) is 0. The average molecular weight is 308 g/mol. The summed E-state index contributed by atoms with van der Waals surface area (Å²) in [5.74, 6) is -0.625. The van der Waals surface area contributed by atoms with Gasteiger partial charge in [0.1, 0.15) is 0 Å². The van der Waals surface area contributed by atoms with Crippen LogP contribution in [-0.4, -0.2) is 18.4 Å². The fraction of sp³-hybridized carbons (Fsp3) is 0.600. The van der Waals surface area contributed by atoms with Crippen LogP contribution in [-0.2, 0) is 14.3 Å². The van der Waals surface area contributed by atoms with Gasteiger partial charge in [-0.1, -0.05) is 13.8 Å². The van der Waals surface area contributed by atoms with E-state index in [1.54, 1.807) is 6.92 Å². The van der Waals surface area contributed by atoms with E-state index in [-0.39, 0.29) is 12.5 Å². The van der Waals surface area contributed by atoms with Crippen molar-refractivity contribution >= 4 is 34.3 Å². The minimum absolute atomic E-state index is 0.179. The van der Waals surface area contributed by atoms with Crippen LogP contribution in [0, 0.1) is 11.8 Å². The summed E-state index contributed by atoms with van der Waals surface area (Å²) < 4.78 is 5.66. The van der Waals surface area contributed by atoms with Crippen LogP contribution < -0.4 is 0 Å². The van der Waals surface area contributed by atoms with E-state index < -0.39 is 11.8 Å². The molecule has 78 valence electrons. The molecule has 14 heavy (non-hydrogen) atoms. The van der Waals surface area contributed by atoms with Crippen molar-refractivity contribution in [3.8, 4) is 0 Å². The topological polar surface area (TPSA) is 43.4 Å². The number of rotatable bonds is 3. The molecule has 0 saturated carbocycles. The summed E-state index contributed by atoms with van der Waals surface area (Å²) in [5, 5.41) is 0. The Balaban J connectivity index is 2.77. The van der Waals surface area contributed by atoms with Gasteiger partial charge in [0.25, 0.3) is 5.78 Å². The van der Waals surface area contributed by atoms with Gasteiger partial charge in [0.05, 0.1) is 6.61 Å². The lowest BCUT2D eigenvalue weighted by Gasteiger charge is -2.33. The summed E-state index contributed by atoms with van der Waals surface area (Å²) in [5.41, 5.74) is 0.636. The fourth-order valence-electron chi connectivity index (χ4n) is 1.46. The van der Waals surface area contributed by atoms with Crippen LogP contribution in [0.2, 0.25) is 0 Å². The van der Waals surface area contributed by atoms with E-state index in [1.165, 1.54) is 0 Å². The molecule has 0 aromatic carbocycles. The number of allylic oxidation sites excluding steroid dienone is 1. The molecule has 0 spiro atoms. The number of esters is 1. The molecule has 1 aliphatic carbocycles. The molecule has 0 saturated heterocycles. The minimum Gasteiger partial charge on any atom is -0.460 e. The highest BCUT2D eigenvalue weighted by molar-refractivity contribution is 14.1. The van der Waals surface area contributed by atoms with Crippen molar-refractivity contribution in [3.05, 3.63) is 9.15 Å². The number of carbonyl (C=O) groups excluding carboxylic acids is 2. The van der Waals surface area contributed by atoms with Gasteiger partial charge in [-0.15, -0.1) is 0 Å². The first kappa shape index (κ1) is 11.7. The standard InChI is InChI=1S/C10H13IO3/c1-4-14-10(13)9(12)7-5(2)6(3)8(7)11/h5-6H,4H2,1-3H3/t5-,6-/m1/s1. The van der Waals surface area contributed by atoms with Gasteiger partial charge >= 0.3 is 5.97 Å². The lowest BCUT2D eigenvalue weighted by Crippen LogP contribution is -2.33. The molecule has 1 rings (SSSR count). The minimum atomic E-state index is -0.726. The predicted octanol–water partition coefficient (Wildman–Crippen LogP) is 2.09. The van der Waals surface area contributed by atoms with Crippen LogP contribution in [0.4, 0.5) is 0 Å². The first-order chi connectivity index (χ1) is 6.50. The number of ketones is 1. The molecule has 0 N–H and O–H groups in total. The van der Waals surface area contributed by atoms with Crippen LogP contribution in [0.1, 0.15) is 20.8 Å². The second kappa shape index (κ2) is 4.42. The fourth-order valence-corrected chi connectivity index (χ4v) is 2.73. The molecule has 0 radical (unpaired) electrons. The number of carbonyl (C=O) groups is 2. The van der Waals surface area contributed by atoms with Gasteiger partial charge in [-0.25, -0.2) is 4.79 Å². The van der Waals surface area contributed by atoms with Crippen molar-refractivity contribution in [1.82, 2.24) is 0 Å². The highest BCUT2D eigenvalue weighted by Gasteiger charge is 2.39. The smallest absolute Gasteiger partial charge is 0.379 e. The number of hydrogen-bond acceptors (Lipinski definition) is 3. The molecule has 0 unspecified atom stereocenters. The number of ether oxygens (including phenoxy) is 1. The Labute approximate surface area is 97.0 Å². The molecular weight excluding hydrogens is 295 g/mol. The van der Waals surface area contributed by atoms with Gasteiger partial charge in [0.15, 0.2) is 0 Å². The molecule has 2 atom stereocenters. The van der Waals surface area contributed by atoms with Gasteiger partial charge in [0, 0.05) is 9.15 Å². The lowest BCUT2D eigenvalue weighted by atomic mass is 9.75. The molecule has 0 heterocycles. The van der Waals surface area contributed by atoms with E-state index >= 15 is 0 Å². The maximum absolute atomic E-state index is 11.5. The normalized spacial score (nSPS) is 25.7. The largest absolute Gasteiger partial charge is 0.460 e. The zero-order chi connectivity index (χ0) is 10.9. The van der Waals surface area contributed by atoms with Crippen molar-refractivity contribution in [2.24, 2.45) is 11.8 Å². The maximum atomic E-state index is 11.5. The summed E-state index contributed by atoms with van der Waals surface area (Å²) in [6.07, 6.45) is 0. The van der Waals surface area contributed by atoms with Crippen molar-refractivity contribution in [1.29, 1.82) is 0 Å². The SMILES string of the molecule is CCOC(=O)C(=O)C1=C(I)[C@H](C)[C@H]1C. The molecule has 3 nitrogen and oxygen atoms in total. The molecule has 0 aromatic rings. The van der Waals surface area contributed by atoms with Crippen LogP contribution >= 0.6 is 22.6 Å². The highest BCUT2D eigenvalue weighted by atomic mass is 127. The molecule has 4 heteroatoms. The van der Waals surface area contributed by atoms with Crippen molar-refractivity contribution in [3.63, 3.8) is 0 Å². The van der Waals surface area contributed by atoms with E-state index in [9.17, 15) is 9.59 Å². The molecule has 0 aliphatic heterocycles. The van der Waals surface area contributed by atoms with Gasteiger partial charge in [-0.2, -0.15) is 0 Å². The quantitative estimate of drug-likeness (QED) is 0.455. The highest BCUT2D eigenvalue weighted by Crippen LogP contribution is 2.44. The van der Waals surface area contributed by atoms with E-state index in [0.29, 0.717) is 11.5 Å². The third-order valence-electron chi connectivity index (χ3n) is 2.57. The van der Waals surface area contributed by atoms with Crippen molar-refractivity contribution in [2.45, 2.75) is 20.8 Å². The second-order valence-electron chi connectivity index (χ2n) is 3.39. The van der Waals surface area contributed by atoms with Gasteiger partial charge in [-0.05, 0) is 41.4 Å². The monoisotopic (exact) mass is 308 g/mol. The number of halogens is 1. The van der Waals surface area contributed by atoms with Gasteiger partial charge in [0.2, 0.25) is 0 Å². The molecule has 1 aliphatic rings. The Morgan fingerprint density at radius 2 is 1.93 bits per heavy atom. The van der Waals surface area contributed by atoms with Crippen molar-refractivity contribution < 1.29 is 14.3 Å². The van der Waals surface area contributed by atoms with Crippen LogP contribution in [0.3, 0.4) is 0 Å². The zero-order valence-corrected chi connectivity index (χ0v) is 10.6. The number of Topliss-reactive ketones (excluding diaryl/α,β-unsaturated/α-hetero) is 1. The molecule has 0 amide bonds. The van der Waals surface area contributed by atoms with E-state index in [0.717, 1.165) is 3.58 Å². The Kier molecular flexibility index (Phi) is 3.69. The average Bonchev–Trinajstić information content (AvgIpc) is 2.17. The second-order valence-corrected chi connectivity index (χ2v) is 4.55. The van der Waals surface area contributed by atoms with Crippen LogP contribution in [0.15, 0.2) is 9.15 Å². The Hall–Kier alpha value is -0.390. The number of hydrogen-bond donors (Lipinski definition) is 0. The van der Waals surface area contributed by atoms with Gasteiger partial charge in [-0.3, -0.25) is 4.79 Å². The van der Waals surface area contributed by atoms with Gasteiger partial charge < -0.3 is 4.74 Å². The van der Waals surface area contributed by atoms with Crippen LogP contribution in [0.5, 0.6) is 0 Å². The van der Waals surface area contributed by atoms with Crippen molar-refractivity contribution in [2.75, 3.05) is 6.61 Å². The summed E-state index contributed by atoms with van der Waals surface area (Å²) in [4.78, 5) is 22.7. The predicted molar refractivity (Wildman–Crippen MR) is 61.0 cm³/mol. The Morgan fingerprint density at radius 1 is 1.36 bits per heavy atom.